The molecule has 0 aliphatic rings. The van der Waals surface area contributed by atoms with Crippen molar-refractivity contribution >= 4 is 22.6 Å². The zero-order valence-corrected chi connectivity index (χ0v) is 12.9. The van der Waals surface area contributed by atoms with E-state index < -0.39 is 12.6 Å². The summed E-state index contributed by atoms with van der Waals surface area (Å²) in [5.74, 6) is -1.14. The van der Waals surface area contributed by atoms with Crippen molar-refractivity contribution in [2.75, 3.05) is 18.0 Å². The van der Waals surface area contributed by atoms with Gasteiger partial charge in [-0.05, 0) is 24.6 Å². The number of rotatable bonds is 7. The van der Waals surface area contributed by atoms with Gasteiger partial charge in [0.1, 0.15) is 18.4 Å². The van der Waals surface area contributed by atoms with Crippen LogP contribution in [0.15, 0.2) is 24.4 Å². The second-order valence-corrected chi connectivity index (χ2v) is 5.01. The van der Waals surface area contributed by atoms with E-state index in [4.69, 9.17) is 5.11 Å². The number of fused-ring (bicyclic) bond motifs is 1. The number of ether oxygens (including phenoxy) is 1. The summed E-state index contributed by atoms with van der Waals surface area (Å²) in [6.45, 7) is -1.04. The monoisotopic (exact) mass is 335 g/mol. The Kier molecular flexibility index (Phi) is 5.47. The van der Waals surface area contributed by atoms with Crippen molar-refractivity contribution in [3.63, 3.8) is 0 Å². The maximum atomic E-state index is 12.4. The maximum Gasteiger partial charge on any atom is 0.387 e. The van der Waals surface area contributed by atoms with E-state index in [1.54, 1.807) is 0 Å². The number of benzene rings is 1. The van der Waals surface area contributed by atoms with Crippen LogP contribution in [0.3, 0.4) is 0 Å². The number of hydrogen-bond donors (Lipinski definition) is 1. The van der Waals surface area contributed by atoms with Crippen LogP contribution < -0.4 is 9.64 Å². The largest absolute Gasteiger partial charge is 0.480 e. The fraction of sp³-hybridized carbons (Fsp3) is 0.312. The van der Waals surface area contributed by atoms with Crippen LogP contribution in [0, 0.1) is 11.3 Å². The Bertz CT molecular complexity index is 790. The zero-order valence-electron chi connectivity index (χ0n) is 12.9. The number of hydrogen-bond acceptors (Lipinski definition) is 5. The Morgan fingerprint density at radius 2 is 2.25 bits per heavy atom. The Balaban J connectivity index is 2.66. The molecule has 1 aromatic heterocycles. The summed E-state index contributed by atoms with van der Waals surface area (Å²) in [6.07, 6.45) is 1.99. The van der Waals surface area contributed by atoms with Crippen LogP contribution >= 0.6 is 0 Å². The Labute approximate surface area is 136 Å². The zero-order chi connectivity index (χ0) is 17.7. The van der Waals surface area contributed by atoms with Crippen LogP contribution in [0.5, 0.6) is 5.75 Å². The molecule has 1 aromatic carbocycles. The van der Waals surface area contributed by atoms with Crippen molar-refractivity contribution in [1.82, 2.24) is 4.98 Å². The van der Waals surface area contributed by atoms with Gasteiger partial charge in [-0.2, -0.15) is 14.0 Å². The Morgan fingerprint density at radius 3 is 2.83 bits per heavy atom. The summed E-state index contributed by atoms with van der Waals surface area (Å²) >= 11 is 0. The SMILES string of the molecule is CCCN(CC(=O)O)c1c(C#N)cnc2ccc(OC(F)F)cc12. The van der Waals surface area contributed by atoms with Gasteiger partial charge in [0.2, 0.25) is 0 Å². The molecule has 0 saturated heterocycles. The molecular formula is C16H15F2N3O3. The molecule has 0 radical (unpaired) electrons. The fourth-order valence-electron chi connectivity index (χ4n) is 2.46. The van der Waals surface area contributed by atoms with E-state index >= 15 is 0 Å². The summed E-state index contributed by atoms with van der Waals surface area (Å²) in [5.41, 5.74) is 0.981. The molecule has 0 spiro atoms. The van der Waals surface area contributed by atoms with Gasteiger partial charge in [0, 0.05) is 18.1 Å². The second kappa shape index (κ2) is 7.55. The summed E-state index contributed by atoms with van der Waals surface area (Å²) in [4.78, 5) is 16.8. The lowest BCUT2D eigenvalue weighted by Crippen LogP contribution is -2.31. The van der Waals surface area contributed by atoms with Gasteiger partial charge in [-0.3, -0.25) is 9.78 Å². The van der Waals surface area contributed by atoms with Crippen molar-refractivity contribution in [3.05, 3.63) is 30.0 Å². The molecule has 1 N–H and O–H groups in total. The van der Waals surface area contributed by atoms with E-state index in [1.807, 2.05) is 13.0 Å². The summed E-state index contributed by atoms with van der Waals surface area (Å²) < 4.78 is 29.3. The molecule has 0 unspecified atom stereocenters. The number of carbonyl (C=O) groups is 1. The number of aliphatic carboxylic acids is 1. The molecule has 0 fully saturated rings. The van der Waals surface area contributed by atoms with Crippen molar-refractivity contribution in [2.24, 2.45) is 0 Å². The molecule has 0 aliphatic carbocycles. The van der Waals surface area contributed by atoms with Crippen molar-refractivity contribution in [1.29, 1.82) is 5.26 Å². The Morgan fingerprint density at radius 1 is 1.50 bits per heavy atom. The molecule has 0 amide bonds. The number of aromatic nitrogens is 1. The molecule has 6 nitrogen and oxygen atoms in total. The number of carboxylic acids is 1. The molecule has 0 bridgehead atoms. The Hall–Kier alpha value is -2.95. The predicted octanol–water partition coefficient (Wildman–Crippen LogP) is 3.01. The standard InChI is InChI=1S/C16H15F2N3O3/c1-2-5-21(9-14(22)23)15-10(7-19)8-20-13-4-3-11(6-12(13)15)24-16(17)18/h3-4,6,8,16H,2,5,9H2,1H3,(H,22,23). The molecular weight excluding hydrogens is 320 g/mol. The van der Waals surface area contributed by atoms with Gasteiger partial charge >= 0.3 is 12.6 Å². The molecule has 2 rings (SSSR count). The minimum absolute atomic E-state index is 0.0811. The quantitative estimate of drug-likeness (QED) is 0.837. The highest BCUT2D eigenvalue weighted by Crippen LogP contribution is 2.32. The van der Waals surface area contributed by atoms with Crippen LogP contribution in [0.25, 0.3) is 10.9 Å². The maximum absolute atomic E-state index is 12.4. The van der Waals surface area contributed by atoms with Gasteiger partial charge in [-0.1, -0.05) is 6.92 Å². The molecule has 1 heterocycles. The fourth-order valence-corrected chi connectivity index (χ4v) is 2.46. The van der Waals surface area contributed by atoms with Gasteiger partial charge in [0.15, 0.2) is 0 Å². The van der Waals surface area contributed by atoms with Crippen LogP contribution in [0.1, 0.15) is 18.9 Å². The van der Waals surface area contributed by atoms with Gasteiger partial charge in [0.05, 0.1) is 16.8 Å². The van der Waals surface area contributed by atoms with Gasteiger partial charge in [0.25, 0.3) is 0 Å². The minimum atomic E-state index is -2.98. The van der Waals surface area contributed by atoms with Crippen LogP contribution in [-0.4, -0.2) is 35.8 Å². The van der Waals surface area contributed by atoms with E-state index in [2.05, 4.69) is 9.72 Å². The molecule has 0 saturated carbocycles. The van der Waals surface area contributed by atoms with Crippen molar-refractivity contribution in [3.8, 4) is 11.8 Å². The first kappa shape index (κ1) is 17.4. The smallest absolute Gasteiger partial charge is 0.387 e. The topological polar surface area (TPSA) is 86.5 Å². The second-order valence-electron chi connectivity index (χ2n) is 5.01. The third kappa shape index (κ3) is 3.87. The van der Waals surface area contributed by atoms with Crippen molar-refractivity contribution < 1.29 is 23.4 Å². The lowest BCUT2D eigenvalue weighted by atomic mass is 10.1. The van der Waals surface area contributed by atoms with E-state index in [0.29, 0.717) is 29.6 Å². The molecule has 8 heteroatoms. The van der Waals surface area contributed by atoms with E-state index in [0.717, 1.165) is 0 Å². The molecule has 0 aliphatic heterocycles. The molecule has 0 atom stereocenters. The predicted molar refractivity (Wildman–Crippen MR) is 83.2 cm³/mol. The first-order valence-corrected chi connectivity index (χ1v) is 7.20. The van der Waals surface area contributed by atoms with Gasteiger partial charge in [-0.15, -0.1) is 0 Å². The van der Waals surface area contributed by atoms with Gasteiger partial charge in [-0.25, -0.2) is 0 Å². The number of pyridine rings is 1. The average Bonchev–Trinajstić information content (AvgIpc) is 2.52. The highest BCUT2D eigenvalue weighted by Gasteiger charge is 2.19. The number of halogens is 2. The molecule has 24 heavy (non-hydrogen) atoms. The number of carboxylic acid groups (broad SMARTS) is 1. The molecule has 2 aromatic rings. The normalized spacial score (nSPS) is 10.6. The minimum Gasteiger partial charge on any atom is -0.480 e. The van der Waals surface area contributed by atoms with E-state index in [-0.39, 0.29) is 17.9 Å². The summed E-state index contributed by atoms with van der Waals surface area (Å²) in [6, 6.07) is 6.15. The average molecular weight is 335 g/mol. The molecule has 126 valence electrons. The first-order chi connectivity index (χ1) is 11.5. The number of nitriles is 1. The lowest BCUT2D eigenvalue weighted by Gasteiger charge is -2.25. The lowest BCUT2D eigenvalue weighted by molar-refractivity contribution is -0.135. The van der Waals surface area contributed by atoms with Crippen LogP contribution in [0.2, 0.25) is 0 Å². The van der Waals surface area contributed by atoms with Crippen molar-refractivity contribution in [2.45, 2.75) is 20.0 Å². The van der Waals surface area contributed by atoms with E-state index in [9.17, 15) is 18.8 Å². The van der Waals surface area contributed by atoms with E-state index in [1.165, 1.54) is 29.3 Å². The number of anilines is 1. The number of nitrogens with zero attached hydrogens (tertiary/aromatic N) is 3. The summed E-state index contributed by atoms with van der Waals surface area (Å²) in [5, 5.41) is 18.8. The third-order valence-electron chi connectivity index (χ3n) is 3.29. The van der Waals surface area contributed by atoms with Gasteiger partial charge < -0.3 is 14.7 Å². The highest BCUT2D eigenvalue weighted by molar-refractivity contribution is 5.96. The summed E-state index contributed by atoms with van der Waals surface area (Å²) in [7, 11) is 0. The number of alkyl halides is 2. The third-order valence-corrected chi connectivity index (χ3v) is 3.29. The first-order valence-electron chi connectivity index (χ1n) is 7.20. The van der Waals surface area contributed by atoms with Crippen LogP contribution in [-0.2, 0) is 4.79 Å². The highest BCUT2D eigenvalue weighted by atomic mass is 19.3. The van der Waals surface area contributed by atoms with Crippen LogP contribution in [0.4, 0.5) is 14.5 Å².